The minimum Gasteiger partial charge on any atom is -0.380 e. The van der Waals surface area contributed by atoms with E-state index >= 15 is 0 Å². The van der Waals surface area contributed by atoms with Gasteiger partial charge in [-0.05, 0) is 56.8 Å². The van der Waals surface area contributed by atoms with Gasteiger partial charge < -0.3 is 14.6 Å². The lowest BCUT2D eigenvalue weighted by atomic mass is 10.0. The van der Waals surface area contributed by atoms with Crippen LogP contribution >= 0.6 is 0 Å². The third kappa shape index (κ3) is 5.85. The number of ether oxygens (including phenoxy) is 2. The van der Waals surface area contributed by atoms with Gasteiger partial charge in [-0.15, -0.1) is 0 Å². The summed E-state index contributed by atoms with van der Waals surface area (Å²) in [6.45, 7) is 8.10. The first-order valence-electron chi connectivity index (χ1n) is 8.97. The molecule has 0 aromatic heterocycles. The average Bonchev–Trinajstić information content (AvgIpc) is 3.14. The molecule has 0 aromatic rings. The standard InChI is InChI=1S/C20H30O3/c1-5-10-15-13-16(15)14-19-18(22-20(3,4)23-19)12-9-7-8-11-17(21)6-2/h15-19,21H,5-6,10,12-14H2,1-4H3/t15?,16?,17-,18+,19+/m0/s1. The van der Waals surface area contributed by atoms with Crippen LogP contribution in [0.3, 0.4) is 0 Å². The molecule has 128 valence electrons. The van der Waals surface area contributed by atoms with Crippen LogP contribution < -0.4 is 0 Å². The summed E-state index contributed by atoms with van der Waals surface area (Å²) in [5.74, 6) is 12.5. The fraction of sp³-hybridized carbons (Fsp3) is 0.800. The number of hydrogen-bond donors (Lipinski definition) is 1. The van der Waals surface area contributed by atoms with Gasteiger partial charge >= 0.3 is 0 Å². The van der Waals surface area contributed by atoms with Crippen molar-refractivity contribution < 1.29 is 14.6 Å². The van der Waals surface area contributed by atoms with E-state index in [1.54, 1.807) is 0 Å². The predicted octanol–water partition coefficient (Wildman–Crippen LogP) is 3.50. The van der Waals surface area contributed by atoms with E-state index < -0.39 is 11.9 Å². The molecule has 3 nitrogen and oxygen atoms in total. The third-order valence-corrected chi connectivity index (χ3v) is 4.63. The fourth-order valence-electron chi connectivity index (χ4n) is 3.32. The Balaban J connectivity index is 1.85. The van der Waals surface area contributed by atoms with Crippen LogP contribution in [-0.2, 0) is 9.47 Å². The van der Waals surface area contributed by atoms with Crippen molar-refractivity contribution in [3.05, 3.63) is 0 Å². The van der Waals surface area contributed by atoms with Crippen molar-refractivity contribution in [1.29, 1.82) is 0 Å². The fourth-order valence-corrected chi connectivity index (χ4v) is 3.32. The summed E-state index contributed by atoms with van der Waals surface area (Å²) in [6, 6.07) is 0. The normalized spacial score (nSPS) is 32.4. The summed E-state index contributed by atoms with van der Waals surface area (Å²) in [7, 11) is 0. The minimum atomic E-state index is -0.576. The highest BCUT2D eigenvalue weighted by Gasteiger charge is 2.45. The SMILES string of the molecule is CCCC1CC1C[C@H]1OC(C)(C)O[C@@H]1CC#CC#C[C@@H](O)CC. The summed E-state index contributed by atoms with van der Waals surface area (Å²) < 4.78 is 12.1. The number of hydrogen-bond acceptors (Lipinski definition) is 3. The van der Waals surface area contributed by atoms with Gasteiger partial charge in [-0.1, -0.05) is 38.5 Å². The Morgan fingerprint density at radius 3 is 2.57 bits per heavy atom. The van der Waals surface area contributed by atoms with Crippen molar-refractivity contribution in [2.75, 3.05) is 0 Å². The van der Waals surface area contributed by atoms with E-state index in [0.717, 1.165) is 18.3 Å². The molecule has 5 atom stereocenters. The molecule has 23 heavy (non-hydrogen) atoms. The minimum absolute atomic E-state index is 0.0262. The maximum absolute atomic E-state index is 9.37. The first-order valence-corrected chi connectivity index (χ1v) is 8.97. The van der Waals surface area contributed by atoms with Gasteiger partial charge in [0.15, 0.2) is 5.79 Å². The Hall–Kier alpha value is -1.00. The Morgan fingerprint density at radius 2 is 1.87 bits per heavy atom. The van der Waals surface area contributed by atoms with Gasteiger partial charge in [0, 0.05) is 6.42 Å². The molecular weight excluding hydrogens is 288 g/mol. The molecule has 1 heterocycles. The Morgan fingerprint density at radius 1 is 1.13 bits per heavy atom. The van der Waals surface area contributed by atoms with E-state index in [9.17, 15) is 5.11 Å². The van der Waals surface area contributed by atoms with E-state index in [2.05, 4.69) is 30.6 Å². The zero-order valence-electron chi connectivity index (χ0n) is 14.9. The molecule has 2 rings (SSSR count). The van der Waals surface area contributed by atoms with Crippen LogP contribution in [0.1, 0.15) is 66.2 Å². The summed E-state index contributed by atoms with van der Waals surface area (Å²) in [4.78, 5) is 0. The van der Waals surface area contributed by atoms with Crippen LogP contribution in [0.4, 0.5) is 0 Å². The summed E-state index contributed by atoms with van der Waals surface area (Å²) >= 11 is 0. The molecule has 0 aromatic carbocycles. The van der Waals surface area contributed by atoms with Crippen LogP contribution in [-0.4, -0.2) is 29.2 Å². The zero-order chi connectivity index (χ0) is 16.9. The molecule has 0 spiro atoms. The highest BCUT2D eigenvalue weighted by atomic mass is 16.7. The Bertz CT molecular complexity index is 502. The highest BCUT2D eigenvalue weighted by Crippen LogP contribution is 2.47. The molecule has 0 amide bonds. The Labute approximate surface area is 141 Å². The van der Waals surface area contributed by atoms with Gasteiger partial charge in [0.25, 0.3) is 0 Å². The van der Waals surface area contributed by atoms with Crippen LogP contribution in [0, 0.1) is 35.5 Å². The first-order chi connectivity index (χ1) is 10.9. The zero-order valence-corrected chi connectivity index (χ0v) is 14.9. The molecule has 0 bridgehead atoms. The molecule has 1 aliphatic carbocycles. The van der Waals surface area contributed by atoms with Gasteiger partial charge in [-0.25, -0.2) is 0 Å². The lowest BCUT2D eigenvalue weighted by molar-refractivity contribution is -0.146. The molecule has 2 fully saturated rings. The second-order valence-corrected chi connectivity index (χ2v) is 7.19. The Kier molecular flexibility index (Phi) is 6.54. The number of aliphatic hydroxyl groups excluding tert-OH is 1. The van der Waals surface area contributed by atoms with Gasteiger partial charge in [-0.3, -0.25) is 0 Å². The van der Waals surface area contributed by atoms with Crippen molar-refractivity contribution >= 4 is 0 Å². The monoisotopic (exact) mass is 318 g/mol. The summed E-state index contributed by atoms with van der Waals surface area (Å²) in [6.07, 6.45) is 5.88. The first kappa shape index (κ1) is 18.3. The van der Waals surface area contributed by atoms with E-state index in [1.807, 2.05) is 20.8 Å². The van der Waals surface area contributed by atoms with E-state index in [4.69, 9.17) is 9.47 Å². The van der Waals surface area contributed by atoms with E-state index in [-0.39, 0.29) is 12.2 Å². The molecule has 3 heteroatoms. The van der Waals surface area contributed by atoms with Crippen LogP contribution in [0.25, 0.3) is 0 Å². The maximum atomic E-state index is 9.37. The predicted molar refractivity (Wildman–Crippen MR) is 91.4 cm³/mol. The summed E-state index contributed by atoms with van der Waals surface area (Å²) in [5.41, 5.74) is 0. The van der Waals surface area contributed by atoms with Crippen molar-refractivity contribution in [3.8, 4) is 23.7 Å². The highest BCUT2D eigenvalue weighted by molar-refractivity contribution is 5.27. The van der Waals surface area contributed by atoms with Crippen molar-refractivity contribution in [3.63, 3.8) is 0 Å². The molecule has 0 radical (unpaired) electrons. The second kappa shape index (κ2) is 8.20. The van der Waals surface area contributed by atoms with Crippen LogP contribution in [0.2, 0.25) is 0 Å². The van der Waals surface area contributed by atoms with Gasteiger partial charge in [0.05, 0.1) is 12.2 Å². The van der Waals surface area contributed by atoms with Gasteiger partial charge in [-0.2, -0.15) is 0 Å². The molecule has 1 aliphatic heterocycles. The second-order valence-electron chi connectivity index (χ2n) is 7.19. The van der Waals surface area contributed by atoms with Crippen molar-refractivity contribution in [1.82, 2.24) is 0 Å². The maximum Gasteiger partial charge on any atom is 0.163 e. The molecule has 2 unspecified atom stereocenters. The summed E-state index contributed by atoms with van der Waals surface area (Å²) in [5, 5.41) is 9.37. The number of rotatable bonds is 6. The topological polar surface area (TPSA) is 38.7 Å². The van der Waals surface area contributed by atoms with E-state index in [1.165, 1.54) is 19.3 Å². The van der Waals surface area contributed by atoms with Crippen molar-refractivity contribution in [2.45, 2.75) is 90.3 Å². The largest absolute Gasteiger partial charge is 0.380 e. The lowest BCUT2D eigenvalue weighted by Crippen LogP contribution is -2.23. The average molecular weight is 318 g/mol. The molecule has 1 N–H and O–H groups in total. The molecule has 1 saturated heterocycles. The molecule has 1 saturated carbocycles. The molecular formula is C20H30O3. The van der Waals surface area contributed by atoms with Crippen LogP contribution in [0.15, 0.2) is 0 Å². The number of aliphatic hydroxyl groups is 1. The third-order valence-electron chi connectivity index (χ3n) is 4.63. The van der Waals surface area contributed by atoms with E-state index in [0.29, 0.717) is 12.8 Å². The van der Waals surface area contributed by atoms with Crippen LogP contribution in [0.5, 0.6) is 0 Å². The molecule has 2 aliphatic rings. The quantitative estimate of drug-likeness (QED) is 0.762. The van der Waals surface area contributed by atoms with Gasteiger partial charge in [0.1, 0.15) is 6.10 Å². The van der Waals surface area contributed by atoms with Gasteiger partial charge in [0.2, 0.25) is 0 Å². The lowest BCUT2D eigenvalue weighted by Gasteiger charge is -2.16. The van der Waals surface area contributed by atoms with Crippen molar-refractivity contribution in [2.24, 2.45) is 11.8 Å². The smallest absolute Gasteiger partial charge is 0.163 e.